The molecule has 2 amide bonds. The summed E-state index contributed by atoms with van der Waals surface area (Å²) in [6.45, 7) is 4.90. The molecule has 1 heterocycles. The van der Waals surface area contributed by atoms with Gasteiger partial charge in [-0.05, 0) is 58.6 Å². The third kappa shape index (κ3) is 4.30. The number of amides is 2. The first kappa shape index (κ1) is 22.5. The van der Waals surface area contributed by atoms with Crippen molar-refractivity contribution in [3.05, 3.63) is 39.7 Å². The lowest BCUT2D eigenvalue weighted by atomic mass is 9.93. The number of esters is 1. The van der Waals surface area contributed by atoms with E-state index in [0.717, 1.165) is 29.9 Å². The van der Waals surface area contributed by atoms with Gasteiger partial charge in [-0.2, -0.15) is 0 Å². The summed E-state index contributed by atoms with van der Waals surface area (Å²) >= 11 is 6.73. The van der Waals surface area contributed by atoms with Crippen LogP contribution in [0.1, 0.15) is 56.8 Å². The summed E-state index contributed by atoms with van der Waals surface area (Å²) in [5.74, 6) is -2.56. The maximum absolute atomic E-state index is 14.7. The molecule has 0 spiro atoms. The zero-order valence-corrected chi connectivity index (χ0v) is 18.4. The molecule has 0 fully saturated rings. The highest BCUT2D eigenvalue weighted by molar-refractivity contribution is 8.15. The monoisotopic (exact) mass is 453 g/mol. The summed E-state index contributed by atoms with van der Waals surface area (Å²) in [4.78, 5) is 50.9. The van der Waals surface area contributed by atoms with Crippen LogP contribution in [0.25, 0.3) is 0 Å². The van der Waals surface area contributed by atoms with Crippen molar-refractivity contribution in [1.82, 2.24) is 0 Å². The molecule has 30 heavy (non-hydrogen) atoms. The normalized spacial score (nSPS) is 17.5. The molecule has 0 bridgehead atoms. The Morgan fingerprint density at radius 1 is 1.10 bits per heavy atom. The van der Waals surface area contributed by atoms with E-state index < -0.39 is 34.0 Å². The molecule has 1 unspecified atom stereocenters. The zero-order chi connectivity index (χ0) is 22.2. The second-order valence-electron chi connectivity index (χ2n) is 7.43. The summed E-state index contributed by atoms with van der Waals surface area (Å²) in [5, 5.41) is -1.57. The summed E-state index contributed by atoms with van der Waals surface area (Å²) in [5.41, 5.74) is 0.415. The molecule has 0 saturated carbocycles. The Hall–Kier alpha value is -2.19. The highest BCUT2D eigenvalue weighted by Gasteiger charge is 2.41. The number of rotatable bonds is 5. The van der Waals surface area contributed by atoms with Crippen LogP contribution in [-0.4, -0.2) is 34.3 Å². The van der Waals surface area contributed by atoms with Crippen molar-refractivity contribution in [3.8, 4) is 0 Å². The number of imide groups is 1. The molecule has 0 saturated heterocycles. The number of benzene rings is 1. The first-order valence-electron chi connectivity index (χ1n) is 9.63. The van der Waals surface area contributed by atoms with Gasteiger partial charge in [0.05, 0.1) is 16.8 Å². The number of hydrogen-bond acceptors (Lipinski definition) is 6. The SMILES string of the molecule is CC(C)OC(=O)C(C)SC(=O)c1cc(N2C(=O)C3=C(CCCC3)C2=O)c(F)cc1Cl. The molecule has 1 aromatic rings. The van der Waals surface area contributed by atoms with Crippen LogP contribution in [0, 0.1) is 5.82 Å². The van der Waals surface area contributed by atoms with Gasteiger partial charge in [-0.25, -0.2) is 9.29 Å². The van der Waals surface area contributed by atoms with E-state index >= 15 is 0 Å². The van der Waals surface area contributed by atoms with Gasteiger partial charge in [0.1, 0.15) is 11.1 Å². The molecule has 9 heteroatoms. The number of carbonyl (C=O) groups excluding carboxylic acids is 4. The predicted molar refractivity (Wildman–Crippen MR) is 112 cm³/mol. The van der Waals surface area contributed by atoms with E-state index in [1.54, 1.807) is 13.8 Å². The van der Waals surface area contributed by atoms with Crippen LogP contribution in [0.2, 0.25) is 5.02 Å². The average Bonchev–Trinajstić information content (AvgIpc) is 2.92. The molecule has 1 aliphatic heterocycles. The number of hydrogen-bond donors (Lipinski definition) is 0. The number of nitrogens with zero attached hydrogens (tertiary/aromatic N) is 1. The second kappa shape index (κ2) is 8.89. The lowest BCUT2D eigenvalue weighted by molar-refractivity contribution is -0.146. The molecular weight excluding hydrogens is 433 g/mol. The van der Waals surface area contributed by atoms with Gasteiger partial charge in [0.15, 0.2) is 0 Å². The quantitative estimate of drug-likeness (QED) is 0.484. The molecule has 1 atom stereocenters. The van der Waals surface area contributed by atoms with E-state index in [1.807, 2.05) is 0 Å². The highest BCUT2D eigenvalue weighted by atomic mass is 35.5. The van der Waals surface area contributed by atoms with Gasteiger partial charge < -0.3 is 4.74 Å². The molecule has 160 valence electrons. The fourth-order valence-electron chi connectivity index (χ4n) is 3.42. The van der Waals surface area contributed by atoms with Gasteiger partial charge in [0.2, 0.25) is 5.12 Å². The third-order valence-electron chi connectivity index (χ3n) is 4.86. The minimum absolute atomic E-state index is 0.0901. The van der Waals surface area contributed by atoms with Gasteiger partial charge in [0.25, 0.3) is 11.8 Å². The van der Waals surface area contributed by atoms with E-state index in [-0.39, 0.29) is 22.4 Å². The third-order valence-corrected chi connectivity index (χ3v) is 6.15. The highest BCUT2D eigenvalue weighted by Crippen LogP contribution is 2.38. The molecule has 2 aliphatic rings. The van der Waals surface area contributed by atoms with Crippen LogP contribution in [0.3, 0.4) is 0 Å². The topological polar surface area (TPSA) is 80.8 Å². The van der Waals surface area contributed by atoms with Gasteiger partial charge in [-0.3, -0.25) is 19.2 Å². The smallest absolute Gasteiger partial charge is 0.319 e. The lowest BCUT2D eigenvalue weighted by Gasteiger charge is -2.18. The number of carbonyl (C=O) groups is 4. The van der Waals surface area contributed by atoms with Crippen LogP contribution in [-0.2, 0) is 19.1 Å². The van der Waals surface area contributed by atoms with Gasteiger partial charge in [0, 0.05) is 16.7 Å². The molecule has 0 radical (unpaired) electrons. The van der Waals surface area contributed by atoms with Gasteiger partial charge in [-0.1, -0.05) is 23.4 Å². The number of ether oxygens (including phenoxy) is 1. The predicted octanol–water partition coefficient (Wildman–Crippen LogP) is 4.44. The maximum atomic E-state index is 14.7. The Morgan fingerprint density at radius 2 is 1.67 bits per heavy atom. The van der Waals surface area contributed by atoms with Crippen LogP contribution in [0.5, 0.6) is 0 Å². The van der Waals surface area contributed by atoms with Crippen molar-refractivity contribution in [1.29, 1.82) is 0 Å². The average molecular weight is 454 g/mol. The Morgan fingerprint density at radius 3 is 2.20 bits per heavy atom. The molecule has 6 nitrogen and oxygen atoms in total. The molecule has 1 aliphatic carbocycles. The van der Waals surface area contributed by atoms with E-state index in [9.17, 15) is 23.6 Å². The van der Waals surface area contributed by atoms with Crippen LogP contribution >= 0.6 is 23.4 Å². The first-order valence-corrected chi connectivity index (χ1v) is 10.9. The molecule has 3 rings (SSSR count). The van der Waals surface area contributed by atoms with Gasteiger partial charge >= 0.3 is 5.97 Å². The standard InChI is InChI=1S/C21H21ClFNO5S/c1-10(2)29-20(27)11(3)30-21(28)14-8-17(16(23)9-15(14)22)24-18(25)12-6-4-5-7-13(12)19(24)26/h8-11H,4-7H2,1-3H3. The minimum Gasteiger partial charge on any atom is -0.462 e. The summed E-state index contributed by atoms with van der Waals surface area (Å²) < 4.78 is 19.7. The molecule has 0 N–H and O–H groups in total. The minimum atomic E-state index is -0.879. The Balaban J connectivity index is 1.88. The first-order chi connectivity index (χ1) is 14.1. The van der Waals surface area contributed by atoms with Crippen molar-refractivity contribution in [2.24, 2.45) is 0 Å². The van der Waals surface area contributed by atoms with Crippen molar-refractivity contribution in [2.45, 2.75) is 57.8 Å². The van der Waals surface area contributed by atoms with E-state index in [1.165, 1.54) is 6.92 Å². The van der Waals surface area contributed by atoms with Crippen molar-refractivity contribution < 1.29 is 28.3 Å². The Bertz CT molecular complexity index is 946. The maximum Gasteiger partial charge on any atom is 0.319 e. The molecular formula is C21H21ClFNO5S. The fourth-order valence-corrected chi connectivity index (χ4v) is 4.48. The van der Waals surface area contributed by atoms with Crippen molar-refractivity contribution in [2.75, 3.05) is 4.90 Å². The van der Waals surface area contributed by atoms with Crippen LogP contribution in [0.15, 0.2) is 23.3 Å². The fraction of sp³-hybridized carbons (Fsp3) is 0.429. The largest absolute Gasteiger partial charge is 0.462 e. The number of halogens is 2. The van der Waals surface area contributed by atoms with Crippen LogP contribution in [0.4, 0.5) is 10.1 Å². The van der Waals surface area contributed by atoms with E-state index in [4.69, 9.17) is 16.3 Å². The van der Waals surface area contributed by atoms with E-state index in [2.05, 4.69) is 0 Å². The number of anilines is 1. The Labute approximate surface area is 182 Å². The van der Waals surface area contributed by atoms with Crippen LogP contribution < -0.4 is 4.90 Å². The zero-order valence-electron chi connectivity index (χ0n) is 16.8. The van der Waals surface area contributed by atoms with E-state index in [0.29, 0.717) is 35.7 Å². The van der Waals surface area contributed by atoms with Crippen molar-refractivity contribution >= 4 is 51.9 Å². The summed E-state index contributed by atoms with van der Waals surface area (Å²) in [6.07, 6.45) is 2.20. The van der Waals surface area contributed by atoms with Gasteiger partial charge in [-0.15, -0.1) is 0 Å². The Kier molecular flexibility index (Phi) is 6.67. The molecule has 1 aromatic carbocycles. The summed E-state index contributed by atoms with van der Waals surface area (Å²) in [7, 11) is 0. The summed E-state index contributed by atoms with van der Waals surface area (Å²) in [6, 6.07) is 2.00. The lowest BCUT2D eigenvalue weighted by Crippen LogP contribution is -2.32. The number of thioether (sulfide) groups is 1. The molecule has 0 aromatic heterocycles. The van der Waals surface area contributed by atoms with Crippen molar-refractivity contribution in [3.63, 3.8) is 0 Å². The second-order valence-corrected chi connectivity index (χ2v) is 9.15.